The number of fused-ring (bicyclic) bond motifs is 1. The fourth-order valence-electron chi connectivity index (χ4n) is 4.71. The van der Waals surface area contributed by atoms with Crippen LogP contribution in [0.25, 0.3) is 10.9 Å². The number of nitrogens with one attached hydrogen (secondary N) is 1. The van der Waals surface area contributed by atoms with Crippen molar-refractivity contribution in [2.45, 2.75) is 57.5 Å². The monoisotopic (exact) mass is 491 g/mol. The number of ether oxygens (including phenoxy) is 2. The van der Waals surface area contributed by atoms with Gasteiger partial charge in [-0.1, -0.05) is 18.2 Å². The highest BCUT2D eigenvalue weighted by atomic mass is 19.4. The van der Waals surface area contributed by atoms with Crippen molar-refractivity contribution in [1.82, 2.24) is 4.98 Å². The van der Waals surface area contributed by atoms with Gasteiger partial charge in [0.15, 0.2) is 5.82 Å². The topological polar surface area (TPSA) is 51.3 Å². The third-order valence-electron chi connectivity index (χ3n) is 6.54. The van der Waals surface area contributed by atoms with Crippen LogP contribution in [0.5, 0.6) is 0 Å². The van der Waals surface area contributed by atoms with Crippen LogP contribution in [-0.2, 0) is 39.7 Å². The highest BCUT2D eigenvalue weighted by molar-refractivity contribution is 5.82. The number of H-pyrrole nitrogens is 1. The molecule has 0 unspecified atom stereocenters. The van der Waals surface area contributed by atoms with Crippen molar-refractivity contribution in [3.05, 3.63) is 70.2 Å². The van der Waals surface area contributed by atoms with E-state index in [2.05, 4.69) is 4.98 Å². The Morgan fingerprint density at radius 3 is 2.43 bits per heavy atom. The summed E-state index contributed by atoms with van der Waals surface area (Å²) in [6, 6.07) is 9.96. The minimum absolute atomic E-state index is 0.0792. The summed E-state index contributed by atoms with van der Waals surface area (Å²) in [6.07, 6.45) is -2.07. The standard InChI is InChI=1S/C27H29F4NO3/c1-2-35-25(33)10-9-24-26(28)21-15-17(6-8-23(21)32-24)3-4-18-5-7-20(19-11-13-34-14-12-19)22(16-18)27(29,30)31/h5-8,15-16,19,32H,2-4,9-14H2,1H3. The molecule has 3 aromatic rings. The van der Waals surface area contributed by atoms with E-state index in [4.69, 9.17) is 9.47 Å². The molecular formula is C27H29F4NO3. The van der Waals surface area contributed by atoms with Gasteiger partial charge in [0.1, 0.15) is 0 Å². The quantitative estimate of drug-likeness (QED) is 0.289. The molecule has 35 heavy (non-hydrogen) atoms. The lowest BCUT2D eigenvalue weighted by molar-refractivity contribution is -0.143. The summed E-state index contributed by atoms with van der Waals surface area (Å²) in [5.41, 5.74) is 2.15. The molecule has 8 heteroatoms. The number of hydrogen-bond acceptors (Lipinski definition) is 3. The number of hydrogen-bond donors (Lipinski definition) is 1. The van der Waals surface area contributed by atoms with E-state index in [0.29, 0.717) is 66.6 Å². The molecule has 4 rings (SSSR count). The molecule has 4 nitrogen and oxygen atoms in total. The van der Waals surface area contributed by atoms with Crippen molar-refractivity contribution >= 4 is 16.9 Å². The van der Waals surface area contributed by atoms with E-state index >= 15 is 0 Å². The zero-order chi connectivity index (χ0) is 25.0. The molecule has 1 N–H and O–H groups in total. The largest absolute Gasteiger partial charge is 0.466 e. The van der Waals surface area contributed by atoms with Crippen LogP contribution in [0.4, 0.5) is 17.6 Å². The van der Waals surface area contributed by atoms with Gasteiger partial charge in [-0.15, -0.1) is 0 Å². The number of rotatable bonds is 8. The second-order valence-corrected chi connectivity index (χ2v) is 8.91. The fourth-order valence-corrected chi connectivity index (χ4v) is 4.71. The summed E-state index contributed by atoms with van der Waals surface area (Å²) in [7, 11) is 0. The number of esters is 1. The summed E-state index contributed by atoms with van der Waals surface area (Å²) in [5.74, 6) is -0.940. The average molecular weight is 492 g/mol. The maximum atomic E-state index is 14.9. The van der Waals surface area contributed by atoms with Gasteiger partial charge in [-0.3, -0.25) is 4.79 Å². The van der Waals surface area contributed by atoms with Crippen LogP contribution in [0.15, 0.2) is 36.4 Å². The molecule has 0 aliphatic carbocycles. The van der Waals surface area contributed by atoms with Crippen LogP contribution in [0.2, 0.25) is 0 Å². The summed E-state index contributed by atoms with van der Waals surface area (Å²) in [4.78, 5) is 14.6. The van der Waals surface area contributed by atoms with Crippen LogP contribution in [0.3, 0.4) is 0 Å². The Balaban J connectivity index is 1.48. The molecule has 1 aliphatic heterocycles. The number of alkyl halides is 3. The summed E-state index contributed by atoms with van der Waals surface area (Å²) >= 11 is 0. The minimum Gasteiger partial charge on any atom is -0.466 e. The van der Waals surface area contributed by atoms with Crippen LogP contribution in [-0.4, -0.2) is 30.8 Å². The summed E-state index contributed by atoms with van der Waals surface area (Å²) < 4.78 is 66.5. The van der Waals surface area contributed by atoms with Gasteiger partial charge in [0.05, 0.1) is 24.3 Å². The lowest BCUT2D eigenvalue weighted by Crippen LogP contribution is -2.19. The third-order valence-corrected chi connectivity index (χ3v) is 6.54. The number of benzene rings is 2. The SMILES string of the molecule is CCOC(=O)CCc1[nH]c2ccc(CCc3ccc(C4CCOCC4)c(C(F)(F)F)c3)cc2c1F. The number of aromatic nitrogens is 1. The van der Waals surface area contributed by atoms with Gasteiger partial charge in [-0.2, -0.15) is 13.2 Å². The first-order valence-corrected chi connectivity index (χ1v) is 12.0. The molecule has 1 saturated heterocycles. The molecule has 1 fully saturated rings. The first-order valence-electron chi connectivity index (χ1n) is 12.0. The van der Waals surface area contributed by atoms with Gasteiger partial charge in [-0.05, 0) is 73.4 Å². The van der Waals surface area contributed by atoms with Crippen LogP contribution >= 0.6 is 0 Å². The second kappa shape index (κ2) is 10.8. The van der Waals surface area contributed by atoms with Gasteiger partial charge in [-0.25, -0.2) is 4.39 Å². The van der Waals surface area contributed by atoms with E-state index in [1.54, 1.807) is 31.2 Å². The van der Waals surface area contributed by atoms with Crippen LogP contribution < -0.4 is 0 Å². The Morgan fingerprint density at radius 2 is 1.74 bits per heavy atom. The highest BCUT2D eigenvalue weighted by Gasteiger charge is 2.35. The number of halogens is 4. The average Bonchev–Trinajstić information content (AvgIpc) is 3.16. The third kappa shape index (κ3) is 6.04. The molecule has 0 bridgehead atoms. The van der Waals surface area contributed by atoms with Crippen molar-refractivity contribution in [1.29, 1.82) is 0 Å². The van der Waals surface area contributed by atoms with Gasteiger partial charge in [0, 0.05) is 30.5 Å². The Hall–Kier alpha value is -2.87. The molecule has 2 heterocycles. The lowest BCUT2D eigenvalue weighted by Gasteiger charge is -2.26. The number of aromatic amines is 1. The number of aryl methyl sites for hydroxylation is 3. The molecule has 188 valence electrons. The van der Waals surface area contributed by atoms with Crippen molar-refractivity contribution in [2.75, 3.05) is 19.8 Å². The van der Waals surface area contributed by atoms with Crippen LogP contribution in [0.1, 0.15) is 60.1 Å². The highest BCUT2D eigenvalue weighted by Crippen LogP contribution is 2.39. The normalized spacial score (nSPS) is 15.0. The van der Waals surface area contributed by atoms with E-state index in [1.165, 1.54) is 6.07 Å². The Bertz CT molecular complexity index is 1180. The summed E-state index contributed by atoms with van der Waals surface area (Å²) in [6.45, 7) is 2.95. The van der Waals surface area contributed by atoms with Gasteiger partial charge >= 0.3 is 12.1 Å². The van der Waals surface area contributed by atoms with E-state index in [1.807, 2.05) is 6.07 Å². The minimum atomic E-state index is -4.42. The molecule has 0 atom stereocenters. The second-order valence-electron chi connectivity index (χ2n) is 8.91. The molecule has 1 aliphatic rings. The molecule has 0 radical (unpaired) electrons. The predicted molar refractivity (Wildman–Crippen MR) is 125 cm³/mol. The van der Waals surface area contributed by atoms with Crippen molar-refractivity contribution in [3.63, 3.8) is 0 Å². The van der Waals surface area contributed by atoms with Gasteiger partial charge < -0.3 is 14.5 Å². The first kappa shape index (κ1) is 25.2. The number of carbonyl (C=O) groups is 1. The van der Waals surface area contributed by atoms with Crippen LogP contribution in [0, 0.1) is 5.82 Å². The molecular weight excluding hydrogens is 462 g/mol. The van der Waals surface area contributed by atoms with E-state index in [0.717, 1.165) is 5.56 Å². The smallest absolute Gasteiger partial charge is 0.416 e. The zero-order valence-electron chi connectivity index (χ0n) is 19.6. The molecule has 1 aromatic heterocycles. The Labute approximate surface area is 201 Å². The summed E-state index contributed by atoms with van der Waals surface area (Å²) in [5, 5.41) is 0.409. The Kier molecular flexibility index (Phi) is 7.79. The maximum Gasteiger partial charge on any atom is 0.416 e. The zero-order valence-corrected chi connectivity index (χ0v) is 19.6. The van der Waals surface area contributed by atoms with E-state index in [9.17, 15) is 22.4 Å². The molecule has 2 aromatic carbocycles. The van der Waals surface area contributed by atoms with E-state index in [-0.39, 0.29) is 31.3 Å². The number of carbonyl (C=O) groups excluding carboxylic acids is 1. The molecule has 0 spiro atoms. The van der Waals surface area contributed by atoms with Gasteiger partial charge in [0.25, 0.3) is 0 Å². The first-order chi connectivity index (χ1) is 16.8. The predicted octanol–water partition coefficient (Wildman–Crippen LogP) is 6.50. The van der Waals surface area contributed by atoms with Gasteiger partial charge in [0.2, 0.25) is 0 Å². The fraction of sp³-hybridized carbons (Fsp3) is 0.444. The molecule has 0 amide bonds. The van der Waals surface area contributed by atoms with Crippen molar-refractivity contribution in [3.8, 4) is 0 Å². The molecule has 0 saturated carbocycles. The van der Waals surface area contributed by atoms with Crippen molar-refractivity contribution < 1.29 is 31.8 Å². The lowest BCUT2D eigenvalue weighted by atomic mass is 9.86. The Morgan fingerprint density at radius 1 is 1.06 bits per heavy atom. The van der Waals surface area contributed by atoms with E-state index < -0.39 is 17.6 Å². The maximum absolute atomic E-state index is 14.9. The van der Waals surface area contributed by atoms with Crippen molar-refractivity contribution in [2.24, 2.45) is 0 Å².